The van der Waals surface area contributed by atoms with Crippen LogP contribution >= 0.6 is 0 Å². The van der Waals surface area contributed by atoms with Gasteiger partial charge in [-0.3, -0.25) is 4.79 Å². The van der Waals surface area contributed by atoms with Crippen LogP contribution in [0, 0.1) is 12.8 Å². The molecule has 4 nitrogen and oxygen atoms in total. The van der Waals surface area contributed by atoms with Crippen molar-refractivity contribution < 1.29 is 4.79 Å². The van der Waals surface area contributed by atoms with Crippen molar-refractivity contribution in [3.05, 3.63) is 29.3 Å². The molecule has 1 aliphatic heterocycles. The molecule has 2 unspecified atom stereocenters. The van der Waals surface area contributed by atoms with Gasteiger partial charge in [-0.05, 0) is 56.6 Å². The Kier molecular flexibility index (Phi) is 4.10. The molecule has 4 heteroatoms. The van der Waals surface area contributed by atoms with E-state index < -0.39 is 0 Å². The molecule has 1 heterocycles. The van der Waals surface area contributed by atoms with Crippen LogP contribution in [0.2, 0.25) is 0 Å². The zero-order valence-electron chi connectivity index (χ0n) is 11.9. The number of rotatable bonds is 2. The Morgan fingerprint density at radius 1 is 1.47 bits per heavy atom. The molecule has 19 heavy (non-hydrogen) atoms. The van der Waals surface area contributed by atoms with Crippen molar-refractivity contribution in [1.82, 2.24) is 10.2 Å². The molecule has 2 rings (SSSR count). The lowest BCUT2D eigenvalue weighted by Crippen LogP contribution is -2.48. The number of amides is 1. The number of nitrogens with two attached hydrogens (primary N) is 1. The smallest absolute Gasteiger partial charge is 0.251 e. The number of benzene rings is 1. The highest BCUT2D eigenvalue weighted by Crippen LogP contribution is 2.17. The summed E-state index contributed by atoms with van der Waals surface area (Å²) in [4.78, 5) is 14.6. The van der Waals surface area contributed by atoms with Gasteiger partial charge in [0.25, 0.3) is 5.91 Å². The summed E-state index contributed by atoms with van der Waals surface area (Å²) in [5.74, 6) is 0.496. The molecule has 1 saturated heterocycles. The van der Waals surface area contributed by atoms with Gasteiger partial charge < -0.3 is 16.0 Å². The van der Waals surface area contributed by atoms with Gasteiger partial charge in [0.05, 0.1) is 0 Å². The molecule has 1 fully saturated rings. The maximum atomic E-state index is 12.3. The minimum Gasteiger partial charge on any atom is -0.399 e. The van der Waals surface area contributed by atoms with Gasteiger partial charge in [0.15, 0.2) is 0 Å². The number of carbonyl (C=O) groups excluding carboxylic acids is 1. The molecular formula is C15H23N3O. The van der Waals surface area contributed by atoms with Gasteiger partial charge >= 0.3 is 0 Å². The van der Waals surface area contributed by atoms with Gasteiger partial charge in [-0.2, -0.15) is 0 Å². The Morgan fingerprint density at radius 2 is 2.21 bits per heavy atom. The number of carbonyl (C=O) groups is 1. The summed E-state index contributed by atoms with van der Waals surface area (Å²) in [6.07, 6.45) is 1.01. The first kappa shape index (κ1) is 13.9. The number of anilines is 1. The molecule has 0 bridgehead atoms. The number of aryl methyl sites for hydroxylation is 1. The van der Waals surface area contributed by atoms with Crippen LogP contribution in [0.4, 0.5) is 5.69 Å². The summed E-state index contributed by atoms with van der Waals surface area (Å²) in [5.41, 5.74) is 8.06. The van der Waals surface area contributed by atoms with Crippen molar-refractivity contribution in [3.8, 4) is 0 Å². The van der Waals surface area contributed by atoms with Crippen molar-refractivity contribution in [2.24, 2.45) is 5.92 Å². The predicted molar refractivity (Wildman–Crippen MR) is 78.1 cm³/mol. The Morgan fingerprint density at radius 3 is 2.84 bits per heavy atom. The lowest BCUT2D eigenvalue weighted by molar-refractivity contribution is 0.0883. The van der Waals surface area contributed by atoms with Gasteiger partial charge in [-0.1, -0.05) is 6.92 Å². The van der Waals surface area contributed by atoms with E-state index in [2.05, 4.69) is 24.2 Å². The molecule has 1 aromatic carbocycles. The average Bonchev–Trinajstić information content (AvgIpc) is 2.32. The topological polar surface area (TPSA) is 58.4 Å². The molecule has 0 radical (unpaired) electrons. The van der Waals surface area contributed by atoms with Gasteiger partial charge in [0.1, 0.15) is 0 Å². The highest BCUT2D eigenvalue weighted by atomic mass is 16.1. The number of nitrogens with zero attached hydrogens (tertiary/aromatic N) is 1. The molecule has 3 N–H and O–H groups in total. The summed E-state index contributed by atoms with van der Waals surface area (Å²) in [6, 6.07) is 5.69. The van der Waals surface area contributed by atoms with Gasteiger partial charge in [0.2, 0.25) is 0 Å². The summed E-state index contributed by atoms with van der Waals surface area (Å²) in [6.45, 7) is 6.18. The van der Waals surface area contributed by atoms with Crippen LogP contribution in [-0.4, -0.2) is 37.0 Å². The quantitative estimate of drug-likeness (QED) is 0.796. The molecule has 1 aliphatic rings. The zero-order valence-corrected chi connectivity index (χ0v) is 11.9. The van der Waals surface area contributed by atoms with E-state index in [1.807, 2.05) is 13.0 Å². The Labute approximate surface area is 115 Å². The SMILES string of the molecule is Cc1cc(N)ccc1C(=O)NC1CCN(C)CC1C. The van der Waals surface area contributed by atoms with Crippen LogP contribution in [-0.2, 0) is 0 Å². The van der Waals surface area contributed by atoms with Crippen molar-refractivity contribution in [3.63, 3.8) is 0 Å². The highest BCUT2D eigenvalue weighted by molar-refractivity contribution is 5.96. The first-order valence-corrected chi connectivity index (χ1v) is 6.83. The van der Waals surface area contributed by atoms with Crippen LogP contribution in [0.25, 0.3) is 0 Å². The van der Waals surface area contributed by atoms with E-state index in [0.717, 1.165) is 30.6 Å². The van der Waals surface area contributed by atoms with Crippen LogP contribution in [0.3, 0.4) is 0 Å². The summed E-state index contributed by atoms with van der Waals surface area (Å²) in [5, 5.41) is 3.16. The fourth-order valence-corrected chi connectivity index (χ4v) is 2.76. The van der Waals surface area contributed by atoms with Crippen LogP contribution in [0.15, 0.2) is 18.2 Å². The minimum absolute atomic E-state index is 0.0129. The average molecular weight is 261 g/mol. The predicted octanol–water partition coefficient (Wildman–Crippen LogP) is 1.65. The number of hydrogen-bond donors (Lipinski definition) is 2. The second-order valence-electron chi connectivity index (χ2n) is 5.68. The normalized spacial score (nSPS) is 24.2. The second kappa shape index (κ2) is 5.61. The Balaban J connectivity index is 2.04. The lowest BCUT2D eigenvalue weighted by Gasteiger charge is -2.35. The molecule has 0 aromatic heterocycles. The van der Waals surface area contributed by atoms with Gasteiger partial charge in [0, 0.05) is 23.8 Å². The molecule has 0 aliphatic carbocycles. The molecule has 104 valence electrons. The number of nitrogens with one attached hydrogen (secondary N) is 1. The van der Waals surface area contributed by atoms with Crippen molar-refractivity contribution >= 4 is 11.6 Å². The third kappa shape index (κ3) is 3.26. The first-order chi connectivity index (χ1) is 8.97. The van der Waals surface area contributed by atoms with Crippen LogP contribution < -0.4 is 11.1 Å². The molecule has 2 atom stereocenters. The van der Waals surface area contributed by atoms with E-state index in [0.29, 0.717) is 11.6 Å². The van der Waals surface area contributed by atoms with Crippen molar-refractivity contribution in [1.29, 1.82) is 0 Å². The Hall–Kier alpha value is -1.55. The first-order valence-electron chi connectivity index (χ1n) is 6.83. The lowest BCUT2D eigenvalue weighted by atomic mass is 9.93. The summed E-state index contributed by atoms with van der Waals surface area (Å²) in [7, 11) is 2.12. The van der Waals surface area contributed by atoms with Gasteiger partial charge in [-0.25, -0.2) is 0 Å². The monoisotopic (exact) mass is 261 g/mol. The zero-order chi connectivity index (χ0) is 14.0. The molecule has 0 saturated carbocycles. The fourth-order valence-electron chi connectivity index (χ4n) is 2.76. The summed E-state index contributed by atoms with van der Waals surface area (Å²) < 4.78 is 0. The van der Waals surface area contributed by atoms with Crippen molar-refractivity contribution in [2.45, 2.75) is 26.3 Å². The van der Waals surface area contributed by atoms with Crippen LogP contribution in [0.5, 0.6) is 0 Å². The molecule has 0 spiro atoms. The van der Waals surface area contributed by atoms with E-state index in [1.165, 1.54) is 0 Å². The molecule has 1 amide bonds. The standard InChI is InChI=1S/C15H23N3O/c1-10-8-12(16)4-5-13(10)15(19)17-14-6-7-18(3)9-11(14)2/h4-5,8,11,14H,6-7,9,16H2,1-3H3,(H,17,19). The minimum atomic E-state index is 0.0129. The Bertz CT molecular complexity index is 472. The fraction of sp³-hybridized carbons (Fsp3) is 0.533. The number of piperidine rings is 1. The van der Waals surface area contributed by atoms with Gasteiger partial charge in [-0.15, -0.1) is 0 Å². The van der Waals surface area contributed by atoms with E-state index in [4.69, 9.17) is 5.73 Å². The van der Waals surface area contributed by atoms with E-state index in [1.54, 1.807) is 12.1 Å². The van der Waals surface area contributed by atoms with Crippen molar-refractivity contribution in [2.75, 3.05) is 25.9 Å². The molecular weight excluding hydrogens is 238 g/mol. The number of likely N-dealkylation sites (tertiary alicyclic amines) is 1. The van der Waals surface area contributed by atoms with E-state index in [-0.39, 0.29) is 11.9 Å². The molecule has 1 aromatic rings. The number of nitrogen functional groups attached to an aromatic ring is 1. The maximum absolute atomic E-state index is 12.3. The maximum Gasteiger partial charge on any atom is 0.251 e. The second-order valence-corrected chi connectivity index (χ2v) is 5.68. The highest BCUT2D eigenvalue weighted by Gasteiger charge is 2.26. The van der Waals surface area contributed by atoms with Crippen LogP contribution in [0.1, 0.15) is 29.3 Å². The number of hydrogen-bond acceptors (Lipinski definition) is 3. The third-order valence-electron chi connectivity index (χ3n) is 3.92. The largest absolute Gasteiger partial charge is 0.399 e. The van der Waals surface area contributed by atoms with E-state index in [9.17, 15) is 4.79 Å². The van der Waals surface area contributed by atoms with E-state index >= 15 is 0 Å². The third-order valence-corrected chi connectivity index (χ3v) is 3.92. The summed E-state index contributed by atoms with van der Waals surface area (Å²) >= 11 is 0.